The molecule has 1 atom stereocenters. The highest BCUT2D eigenvalue weighted by atomic mass is 32.1. The van der Waals surface area contributed by atoms with Crippen LogP contribution >= 0.6 is 11.3 Å². The number of amides is 1. The molecule has 1 unspecified atom stereocenters. The number of aromatic nitrogens is 1. The second-order valence-corrected chi connectivity index (χ2v) is 10.2. The topological polar surface area (TPSA) is 79.7 Å². The minimum Gasteiger partial charge on any atom is -0.507 e. The van der Waals surface area contributed by atoms with Crippen LogP contribution in [0.25, 0.3) is 16.0 Å². The van der Waals surface area contributed by atoms with Gasteiger partial charge < -0.3 is 9.84 Å². The van der Waals surface area contributed by atoms with E-state index in [1.54, 1.807) is 24.3 Å². The average Bonchev–Trinajstić information content (AvgIpc) is 3.41. The molecule has 3 aromatic carbocycles. The van der Waals surface area contributed by atoms with E-state index in [0.29, 0.717) is 27.9 Å². The Labute approximate surface area is 213 Å². The first kappa shape index (κ1) is 23.8. The number of anilines is 1. The number of carbonyl (C=O) groups excluding carboxylic acids is 2. The lowest BCUT2D eigenvalue weighted by molar-refractivity contribution is -0.132. The number of aliphatic hydroxyl groups is 1. The van der Waals surface area contributed by atoms with Crippen LogP contribution in [0.1, 0.15) is 48.1 Å². The molecule has 1 saturated heterocycles. The summed E-state index contributed by atoms with van der Waals surface area (Å²) in [6, 6.07) is 19.7. The second-order valence-electron chi connectivity index (χ2n) is 9.16. The van der Waals surface area contributed by atoms with Gasteiger partial charge in [-0.15, -0.1) is 0 Å². The maximum Gasteiger partial charge on any atom is 0.301 e. The van der Waals surface area contributed by atoms with Crippen molar-refractivity contribution >= 4 is 44.1 Å². The van der Waals surface area contributed by atoms with Crippen LogP contribution in [0.3, 0.4) is 0 Å². The van der Waals surface area contributed by atoms with Crippen molar-refractivity contribution in [2.24, 2.45) is 0 Å². The molecule has 5 rings (SSSR count). The number of para-hydroxylation sites is 1. The van der Waals surface area contributed by atoms with Crippen LogP contribution in [0.4, 0.5) is 5.13 Å². The van der Waals surface area contributed by atoms with Crippen molar-refractivity contribution < 1.29 is 19.4 Å². The molecule has 36 heavy (non-hydrogen) atoms. The van der Waals surface area contributed by atoms with Crippen LogP contribution < -0.4 is 9.64 Å². The van der Waals surface area contributed by atoms with Crippen LogP contribution in [0.2, 0.25) is 0 Å². The lowest BCUT2D eigenvalue weighted by atomic mass is 9.94. The zero-order valence-corrected chi connectivity index (χ0v) is 21.3. The van der Waals surface area contributed by atoms with Gasteiger partial charge in [0.05, 0.1) is 34.5 Å². The smallest absolute Gasteiger partial charge is 0.301 e. The molecule has 1 aromatic heterocycles. The number of ketones is 1. The second kappa shape index (κ2) is 9.24. The van der Waals surface area contributed by atoms with Crippen molar-refractivity contribution in [3.63, 3.8) is 0 Å². The number of rotatable bonds is 5. The molecule has 1 N–H and O–H groups in total. The van der Waals surface area contributed by atoms with E-state index in [0.717, 1.165) is 15.8 Å². The van der Waals surface area contributed by atoms with Gasteiger partial charge in [-0.2, -0.15) is 0 Å². The predicted octanol–water partition coefficient (Wildman–Crippen LogP) is 6.36. The molecular formula is C29H26N2O4S. The van der Waals surface area contributed by atoms with Crippen molar-refractivity contribution in [3.8, 4) is 5.75 Å². The van der Waals surface area contributed by atoms with Gasteiger partial charge in [-0.1, -0.05) is 73.2 Å². The molecule has 0 saturated carbocycles. The van der Waals surface area contributed by atoms with Gasteiger partial charge >= 0.3 is 5.91 Å². The molecule has 7 heteroatoms. The van der Waals surface area contributed by atoms with E-state index in [4.69, 9.17) is 9.72 Å². The summed E-state index contributed by atoms with van der Waals surface area (Å²) in [6.45, 7) is 6.19. The van der Waals surface area contributed by atoms with E-state index in [1.165, 1.54) is 28.9 Å². The summed E-state index contributed by atoms with van der Waals surface area (Å²) in [4.78, 5) is 33.1. The molecule has 4 aromatic rings. The van der Waals surface area contributed by atoms with Crippen LogP contribution in [0, 0.1) is 6.92 Å². The third kappa shape index (κ3) is 3.95. The Bertz CT molecular complexity index is 1540. The van der Waals surface area contributed by atoms with Gasteiger partial charge in [0.15, 0.2) is 5.13 Å². The highest BCUT2D eigenvalue weighted by molar-refractivity contribution is 7.22. The summed E-state index contributed by atoms with van der Waals surface area (Å²) >= 11 is 1.36. The Morgan fingerprint density at radius 3 is 2.56 bits per heavy atom. The zero-order chi connectivity index (χ0) is 25.6. The maximum atomic E-state index is 13.5. The number of ether oxygens (including phenoxy) is 1. The van der Waals surface area contributed by atoms with Crippen molar-refractivity contribution in [2.45, 2.75) is 32.7 Å². The summed E-state index contributed by atoms with van der Waals surface area (Å²) in [5, 5.41) is 11.8. The Morgan fingerprint density at radius 2 is 1.83 bits per heavy atom. The molecule has 6 nitrogen and oxygen atoms in total. The molecule has 0 spiro atoms. The summed E-state index contributed by atoms with van der Waals surface area (Å²) < 4.78 is 6.35. The van der Waals surface area contributed by atoms with Gasteiger partial charge in [-0.25, -0.2) is 4.98 Å². The molecule has 0 bridgehead atoms. The quantitative estimate of drug-likeness (QED) is 0.197. The van der Waals surface area contributed by atoms with Crippen molar-refractivity contribution in [1.82, 2.24) is 4.98 Å². The molecule has 2 heterocycles. The van der Waals surface area contributed by atoms with Gasteiger partial charge in [-0.3, -0.25) is 14.5 Å². The maximum absolute atomic E-state index is 13.5. The van der Waals surface area contributed by atoms with E-state index >= 15 is 0 Å². The minimum absolute atomic E-state index is 0.0113. The number of aliphatic hydroxyl groups excluding tert-OH is 1. The van der Waals surface area contributed by atoms with E-state index < -0.39 is 17.7 Å². The number of aryl methyl sites for hydroxylation is 1. The van der Waals surface area contributed by atoms with Gasteiger partial charge in [0, 0.05) is 0 Å². The van der Waals surface area contributed by atoms with Gasteiger partial charge in [0.25, 0.3) is 5.78 Å². The molecule has 1 amide bonds. The van der Waals surface area contributed by atoms with Crippen LogP contribution in [-0.2, 0) is 9.59 Å². The number of thiazole rings is 1. The largest absolute Gasteiger partial charge is 0.507 e. The first-order valence-corrected chi connectivity index (χ1v) is 12.5. The number of hydrogen-bond donors (Lipinski definition) is 1. The fourth-order valence-electron chi connectivity index (χ4n) is 4.56. The first-order valence-electron chi connectivity index (χ1n) is 11.7. The first-order chi connectivity index (χ1) is 17.3. The van der Waals surface area contributed by atoms with E-state index in [9.17, 15) is 14.7 Å². The van der Waals surface area contributed by atoms with Gasteiger partial charge in [0.1, 0.15) is 11.5 Å². The van der Waals surface area contributed by atoms with Crippen molar-refractivity contribution in [1.29, 1.82) is 0 Å². The molecule has 1 fully saturated rings. The Morgan fingerprint density at radius 1 is 1.06 bits per heavy atom. The van der Waals surface area contributed by atoms with E-state index in [1.807, 2.05) is 43.3 Å². The van der Waals surface area contributed by atoms with Crippen molar-refractivity contribution in [2.75, 3.05) is 12.0 Å². The summed E-state index contributed by atoms with van der Waals surface area (Å²) in [7, 11) is 1.50. The van der Waals surface area contributed by atoms with Crippen LogP contribution in [0.15, 0.2) is 72.3 Å². The molecule has 1 aliphatic heterocycles. The molecule has 182 valence electrons. The average molecular weight is 499 g/mol. The number of fused-ring (bicyclic) bond motifs is 1. The summed E-state index contributed by atoms with van der Waals surface area (Å²) in [5.74, 6) is -0.996. The van der Waals surface area contributed by atoms with E-state index in [2.05, 4.69) is 19.9 Å². The van der Waals surface area contributed by atoms with Crippen LogP contribution in [-0.4, -0.2) is 28.9 Å². The Kier molecular flexibility index (Phi) is 6.10. The van der Waals surface area contributed by atoms with Crippen LogP contribution in [0.5, 0.6) is 5.75 Å². The van der Waals surface area contributed by atoms with E-state index in [-0.39, 0.29) is 11.3 Å². The highest BCUT2D eigenvalue weighted by Gasteiger charge is 2.48. The van der Waals surface area contributed by atoms with Gasteiger partial charge in [0.2, 0.25) is 0 Å². The molecular weight excluding hydrogens is 472 g/mol. The third-order valence-corrected chi connectivity index (χ3v) is 7.46. The SMILES string of the molecule is COc1ccccc1/C(O)=C1\C(=O)C(=O)N(c2nc3ccc(C(C)C)cc3s2)C1c1cccc(C)c1. The highest BCUT2D eigenvalue weighted by Crippen LogP contribution is 2.45. The molecule has 0 radical (unpaired) electrons. The number of carbonyl (C=O) groups is 2. The number of hydrogen-bond acceptors (Lipinski definition) is 6. The Balaban J connectivity index is 1.73. The summed E-state index contributed by atoms with van der Waals surface area (Å²) in [6.07, 6.45) is 0. The van der Waals surface area contributed by atoms with Crippen molar-refractivity contribution in [3.05, 3.63) is 94.6 Å². The lowest BCUT2D eigenvalue weighted by Gasteiger charge is -2.23. The molecule has 0 aliphatic carbocycles. The van der Waals surface area contributed by atoms with Gasteiger partial charge in [-0.05, 0) is 48.2 Å². The zero-order valence-electron chi connectivity index (χ0n) is 20.5. The number of methoxy groups -OCH3 is 1. The molecule has 1 aliphatic rings. The predicted molar refractivity (Wildman–Crippen MR) is 143 cm³/mol. The normalized spacial score (nSPS) is 17.4. The summed E-state index contributed by atoms with van der Waals surface area (Å²) in [5.41, 5.74) is 3.98. The minimum atomic E-state index is -0.833. The monoisotopic (exact) mass is 498 g/mol. The number of nitrogens with zero attached hydrogens (tertiary/aromatic N) is 2. The lowest BCUT2D eigenvalue weighted by Crippen LogP contribution is -2.29. The fourth-order valence-corrected chi connectivity index (χ4v) is 5.60. The number of benzene rings is 3. The number of Topliss-reactive ketones (excluding diaryl/α,β-unsaturated/α-hetero) is 1. The third-order valence-electron chi connectivity index (χ3n) is 6.44. The standard InChI is InChI=1S/C29H26N2O4S/c1-16(2)18-12-13-21-23(15-18)36-29(30-21)31-25(19-9-7-8-17(3)14-19)24(27(33)28(31)34)26(32)20-10-5-6-11-22(20)35-4/h5-16,25,32H,1-4H3/b26-24+. The fraction of sp³-hybridized carbons (Fsp3) is 0.207. The Hall–Kier alpha value is -3.97.